The van der Waals surface area contributed by atoms with Crippen LogP contribution < -0.4 is 11.1 Å². The van der Waals surface area contributed by atoms with Gasteiger partial charge in [0, 0.05) is 30.3 Å². The number of nitrogens with one attached hydrogen (secondary N) is 2. The second-order valence-corrected chi connectivity index (χ2v) is 9.41. The number of benzene rings is 3. The Labute approximate surface area is 230 Å². The van der Waals surface area contributed by atoms with Crippen molar-refractivity contribution in [2.24, 2.45) is 5.73 Å². The lowest BCUT2D eigenvalue weighted by atomic mass is 9.94. The van der Waals surface area contributed by atoms with Crippen molar-refractivity contribution >= 4 is 29.4 Å². The van der Waals surface area contributed by atoms with Gasteiger partial charge in [-0.1, -0.05) is 54.6 Å². The van der Waals surface area contributed by atoms with Crippen molar-refractivity contribution in [2.45, 2.75) is 32.2 Å². The molecular formula is C31H29FN4O4. The van der Waals surface area contributed by atoms with Gasteiger partial charge >= 0.3 is 5.97 Å². The summed E-state index contributed by atoms with van der Waals surface area (Å²) in [5.74, 6) is -2.08. The summed E-state index contributed by atoms with van der Waals surface area (Å²) in [5, 5.41) is 12.1. The van der Waals surface area contributed by atoms with Gasteiger partial charge in [0.05, 0.1) is 0 Å². The van der Waals surface area contributed by atoms with Crippen molar-refractivity contribution in [1.29, 1.82) is 0 Å². The van der Waals surface area contributed by atoms with Gasteiger partial charge in [0.15, 0.2) is 0 Å². The SMILES string of the molecule is Cc1cnc(CC(=Cc2ccc(C(=O)N[C@@H](CCC(N)=O)C(=O)O)c(-c3ccccc3)c2)c2ccc(F)cc2)[nH]1. The number of carboxylic acid groups (broad SMARTS) is 1. The first-order valence-electron chi connectivity index (χ1n) is 12.7. The number of nitrogens with two attached hydrogens (primary N) is 1. The van der Waals surface area contributed by atoms with E-state index in [-0.39, 0.29) is 24.2 Å². The van der Waals surface area contributed by atoms with Crippen LogP contribution in [0.15, 0.2) is 79.0 Å². The molecule has 0 spiro atoms. The summed E-state index contributed by atoms with van der Waals surface area (Å²) in [6.07, 6.45) is 3.86. The molecule has 4 aromatic rings. The van der Waals surface area contributed by atoms with E-state index in [2.05, 4.69) is 15.3 Å². The molecule has 0 saturated heterocycles. The van der Waals surface area contributed by atoms with E-state index in [4.69, 9.17) is 5.73 Å². The van der Waals surface area contributed by atoms with Crippen LogP contribution in [0.25, 0.3) is 22.8 Å². The minimum atomic E-state index is -1.27. The van der Waals surface area contributed by atoms with Crippen LogP contribution in [0.2, 0.25) is 0 Å². The zero-order chi connectivity index (χ0) is 28.6. The van der Waals surface area contributed by atoms with Gasteiger partial charge in [-0.05, 0) is 65.4 Å². The Bertz CT molecular complexity index is 1550. The van der Waals surface area contributed by atoms with Gasteiger partial charge in [0.2, 0.25) is 5.91 Å². The number of rotatable bonds is 11. The number of primary amides is 1. The van der Waals surface area contributed by atoms with E-state index in [1.807, 2.05) is 49.4 Å². The van der Waals surface area contributed by atoms with Crippen LogP contribution in [0, 0.1) is 12.7 Å². The van der Waals surface area contributed by atoms with Crippen molar-refractivity contribution < 1.29 is 23.9 Å². The van der Waals surface area contributed by atoms with Gasteiger partial charge in [-0.2, -0.15) is 0 Å². The predicted octanol–water partition coefficient (Wildman–Crippen LogP) is 4.76. The van der Waals surface area contributed by atoms with Gasteiger partial charge in [-0.3, -0.25) is 9.59 Å². The van der Waals surface area contributed by atoms with Crippen LogP contribution in [0.4, 0.5) is 4.39 Å². The topological polar surface area (TPSA) is 138 Å². The highest BCUT2D eigenvalue weighted by molar-refractivity contribution is 6.03. The van der Waals surface area contributed by atoms with Gasteiger partial charge in [-0.15, -0.1) is 0 Å². The number of aromatic nitrogens is 2. The molecule has 0 aliphatic carbocycles. The summed E-state index contributed by atoms with van der Waals surface area (Å²) >= 11 is 0. The maximum absolute atomic E-state index is 13.7. The smallest absolute Gasteiger partial charge is 0.326 e. The standard InChI is InChI=1S/C31H29FN4O4/c1-19-18-34-29(35-19)17-23(21-8-10-24(32)11-9-21)15-20-7-12-25(26(16-20)22-5-3-2-4-6-22)30(38)36-27(31(39)40)13-14-28(33)37/h2-12,15-16,18,27H,13-14,17H2,1H3,(H2,33,37)(H,34,35)(H,36,38)(H,39,40)/t27-/m0/s1. The Kier molecular flexibility index (Phi) is 8.86. The maximum Gasteiger partial charge on any atom is 0.326 e. The fraction of sp³-hybridized carbons (Fsp3) is 0.161. The van der Waals surface area contributed by atoms with E-state index in [0.29, 0.717) is 12.0 Å². The van der Waals surface area contributed by atoms with Crippen molar-refractivity contribution in [2.75, 3.05) is 0 Å². The molecule has 9 heteroatoms. The average Bonchev–Trinajstić information content (AvgIpc) is 3.35. The lowest BCUT2D eigenvalue weighted by Crippen LogP contribution is -2.41. The van der Waals surface area contributed by atoms with Gasteiger partial charge in [-0.25, -0.2) is 14.2 Å². The van der Waals surface area contributed by atoms with E-state index in [1.165, 1.54) is 12.1 Å². The molecular weight excluding hydrogens is 511 g/mol. The number of carboxylic acids is 1. The average molecular weight is 541 g/mol. The monoisotopic (exact) mass is 540 g/mol. The Morgan fingerprint density at radius 3 is 2.42 bits per heavy atom. The van der Waals surface area contributed by atoms with E-state index in [1.54, 1.807) is 30.5 Å². The minimum absolute atomic E-state index is 0.120. The fourth-order valence-corrected chi connectivity index (χ4v) is 4.32. The Morgan fingerprint density at radius 2 is 1.80 bits per heavy atom. The number of aromatic amines is 1. The molecule has 0 saturated carbocycles. The number of aryl methyl sites for hydroxylation is 1. The number of hydrogen-bond donors (Lipinski definition) is 4. The lowest BCUT2D eigenvalue weighted by Gasteiger charge is -2.16. The molecule has 0 aliphatic heterocycles. The highest BCUT2D eigenvalue weighted by atomic mass is 19.1. The molecule has 0 radical (unpaired) electrons. The number of carbonyl (C=O) groups excluding carboxylic acids is 2. The molecule has 2 amide bonds. The van der Waals surface area contributed by atoms with Crippen molar-refractivity contribution in [3.05, 3.63) is 113 Å². The summed E-state index contributed by atoms with van der Waals surface area (Å²) in [4.78, 5) is 43.8. The van der Waals surface area contributed by atoms with E-state index >= 15 is 0 Å². The third-order valence-corrected chi connectivity index (χ3v) is 6.33. The second-order valence-electron chi connectivity index (χ2n) is 9.41. The predicted molar refractivity (Wildman–Crippen MR) is 150 cm³/mol. The minimum Gasteiger partial charge on any atom is -0.480 e. The molecule has 204 valence electrons. The molecule has 8 nitrogen and oxygen atoms in total. The van der Waals surface area contributed by atoms with Gasteiger partial charge in [0.1, 0.15) is 17.7 Å². The zero-order valence-corrected chi connectivity index (χ0v) is 21.9. The number of H-pyrrole nitrogens is 1. The van der Waals surface area contributed by atoms with E-state index in [9.17, 15) is 23.9 Å². The largest absolute Gasteiger partial charge is 0.480 e. The van der Waals surface area contributed by atoms with Crippen LogP contribution in [-0.4, -0.2) is 38.9 Å². The summed E-state index contributed by atoms with van der Waals surface area (Å²) in [6, 6.07) is 19.4. The van der Waals surface area contributed by atoms with E-state index in [0.717, 1.165) is 33.8 Å². The van der Waals surface area contributed by atoms with Crippen molar-refractivity contribution in [3.8, 4) is 11.1 Å². The van der Waals surface area contributed by atoms with Crippen LogP contribution in [0.3, 0.4) is 0 Å². The molecule has 1 atom stereocenters. The molecule has 0 bridgehead atoms. The van der Waals surface area contributed by atoms with Crippen molar-refractivity contribution in [1.82, 2.24) is 15.3 Å². The number of allylic oxidation sites excluding steroid dienone is 1. The first-order valence-corrected chi connectivity index (χ1v) is 12.7. The Morgan fingerprint density at radius 1 is 1.07 bits per heavy atom. The number of imidazole rings is 1. The number of hydrogen-bond acceptors (Lipinski definition) is 4. The molecule has 1 aromatic heterocycles. The van der Waals surface area contributed by atoms with Gasteiger partial charge in [0.25, 0.3) is 5.91 Å². The van der Waals surface area contributed by atoms with Crippen molar-refractivity contribution in [3.63, 3.8) is 0 Å². The number of carbonyl (C=O) groups is 3. The van der Waals surface area contributed by atoms with Crippen LogP contribution in [-0.2, 0) is 16.0 Å². The normalized spacial score (nSPS) is 12.1. The zero-order valence-electron chi connectivity index (χ0n) is 21.9. The molecule has 3 aromatic carbocycles. The molecule has 1 heterocycles. The van der Waals surface area contributed by atoms with Crippen LogP contribution >= 0.6 is 0 Å². The number of amides is 2. The summed E-state index contributed by atoms with van der Waals surface area (Å²) in [5.41, 5.74) is 10.2. The quantitative estimate of drug-likeness (QED) is 0.203. The summed E-state index contributed by atoms with van der Waals surface area (Å²) < 4.78 is 13.7. The third-order valence-electron chi connectivity index (χ3n) is 6.33. The lowest BCUT2D eigenvalue weighted by molar-refractivity contribution is -0.139. The molecule has 0 fully saturated rings. The summed E-state index contributed by atoms with van der Waals surface area (Å²) in [6.45, 7) is 1.91. The van der Waals surface area contributed by atoms with E-state index < -0.39 is 23.8 Å². The maximum atomic E-state index is 13.7. The highest BCUT2D eigenvalue weighted by Crippen LogP contribution is 2.29. The molecule has 5 N–H and O–H groups in total. The fourth-order valence-electron chi connectivity index (χ4n) is 4.32. The van der Waals surface area contributed by atoms with Gasteiger partial charge < -0.3 is 21.1 Å². The number of halogens is 1. The summed E-state index contributed by atoms with van der Waals surface area (Å²) in [7, 11) is 0. The first-order chi connectivity index (χ1) is 19.2. The number of aliphatic carboxylic acids is 1. The molecule has 0 aliphatic rings. The Balaban J connectivity index is 1.74. The highest BCUT2D eigenvalue weighted by Gasteiger charge is 2.23. The van der Waals surface area contributed by atoms with Crippen LogP contribution in [0.1, 0.15) is 45.8 Å². The molecule has 0 unspecified atom stereocenters. The Hall–Kier alpha value is -5.05. The molecule has 4 rings (SSSR count). The van der Waals surface area contributed by atoms with Crippen LogP contribution in [0.5, 0.6) is 0 Å². The number of nitrogens with zero attached hydrogens (tertiary/aromatic N) is 1. The second kappa shape index (κ2) is 12.7. The third kappa shape index (κ3) is 7.28. The first kappa shape index (κ1) is 28.0. The molecule has 40 heavy (non-hydrogen) atoms.